The lowest BCUT2D eigenvalue weighted by Gasteiger charge is -2.34. The Morgan fingerprint density at radius 3 is 2.35 bits per heavy atom. The third kappa shape index (κ3) is 3.89. The van der Waals surface area contributed by atoms with Crippen LogP contribution in [0.25, 0.3) is 5.69 Å². The summed E-state index contributed by atoms with van der Waals surface area (Å²) in [6.07, 6.45) is 8.47. The van der Waals surface area contributed by atoms with Crippen molar-refractivity contribution < 1.29 is 9.18 Å². The summed E-state index contributed by atoms with van der Waals surface area (Å²) in [6.45, 7) is 2.60. The molecule has 1 aromatic carbocycles. The number of aromatic nitrogens is 4. The monoisotopic (exact) mass is 420 g/mol. The Balaban J connectivity index is 1.41. The van der Waals surface area contributed by atoms with Gasteiger partial charge in [0.15, 0.2) is 5.69 Å². The highest BCUT2D eigenvalue weighted by atomic mass is 19.1. The molecule has 1 aliphatic carbocycles. The van der Waals surface area contributed by atoms with Gasteiger partial charge in [0.2, 0.25) is 5.95 Å². The van der Waals surface area contributed by atoms with E-state index in [2.05, 4.69) is 14.9 Å². The Morgan fingerprint density at radius 1 is 0.903 bits per heavy atom. The molecule has 0 bridgehead atoms. The second kappa shape index (κ2) is 8.45. The van der Waals surface area contributed by atoms with E-state index in [-0.39, 0.29) is 11.7 Å². The molecule has 0 atom stereocenters. The van der Waals surface area contributed by atoms with Gasteiger partial charge in [-0.15, -0.1) is 0 Å². The molecule has 1 amide bonds. The molecule has 8 heteroatoms. The van der Waals surface area contributed by atoms with Crippen LogP contribution < -0.4 is 4.90 Å². The van der Waals surface area contributed by atoms with Crippen LogP contribution in [-0.2, 0) is 12.8 Å². The van der Waals surface area contributed by atoms with Gasteiger partial charge >= 0.3 is 0 Å². The van der Waals surface area contributed by atoms with Crippen LogP contribution >= 0.6 is 0 Å². The summed E-state index contributed by atoms with van der Waals surface area (Å²) < 4.78 is 15.3. The first-order valence-corrected chi connectivity index (χ1v) is 10.9. The van der Waals surface area contributed by atoms with Crippen LogP contribution in [0.2, 0.25) is 0 Å². The molecule has 1 fully saturated rings. The lowest BCUT2D eigenvalue weighted by molar-refractivity contribution is 0.0738. The van der Waals surface area contributed by atoms with E-state index < -0.39 is 0 Å². The van der Waals surface area contributed by atoms with Gasteiger partial charge in [0.1, 0.15) is 5.82 Å². The van der Waals surface area contributed by atoms with Gasteiger partial charge in [0, 0.05) is 49.8 Å². The number of halogens is 1. The van der Waals surface area contributed by atoms with Crippen molar-refractivity contribution in [3.05, 3.63) is 65.5 Å². The van der Waals surface area contributed by atoms with Gasteiger partial charge in [-0.05, 0) is 56.0 Å². The molecule has 3 heterocycles. The molecule has 0 saturated carbocycles. The average molecular weight is 420 g/mol. The number of anilines is 1. The molecule has 0 unspecified atom stereocenters. The van der Waals surface area contributed by atoms with Crippen molar-refractivity contribution in [2.75, 3.05) is 31.1 Å². The summed E-state index contributed by atoms with van der Waals surface area (Å²) in [6, 6.07) is 8.12. The Labute approximate surface area is 180 Å². The van der Waals surface area contributed by atoms with Crippen molar-refractivity contribution in [1.82, 2.24) is 24.6 Å². The molecular formula is C23H25FN6O. The predicted molar refractivity (Wildman–Crippen MR) is 115 cm³/mol. The number of amides is 1. The first kappa shape index (κ1) is 19.7. The molecule has 0 spiro atoms. The van der Waals surface area contributed by atoms with Crippen molar-refractivity contribution in [2.24, 2.45) is 0 Å². The quantitative estimate of drug-likeness (QED) is 0.610. The van der Waals surface area contributed by atoms with Crippen LogP contribution in [0.4, 0.5) is 10.3 Å². The maximum Gasteiger partial charge on any atom is 0.274 e. The summed E-state index contributed by atoms with van der Waals surface area (Å²) in [7, 11) is 0. The minimum absolute atomic E-state index is 0.0207. The van der Waals surface area contributed by atoms with E-state index in [1.807, 2.05) is 9.58 Å². The molecule has 5 rings (SSSR count). The topological polar surface area (TPSA) is 67.2 Å². The summed E-state index contributed by atoms with van der Waals surface area (Å²) in [5.74, 6) is 0.398. The first-order chi connectivity index (χ1) is 15.2. The molecule has 1 aliphatic heterocycles. The van der Waals surface area contributed by atoms with Crippen LogP contribution in [0.3, 0.4) is 0 Å². The second-order valence-electron chi connectivity index (χ2n) is 8.05. The summed E-state index contributed by atoms with van der Waals surface area (Å²) in [5, 5.41) is 4.75. The van der Waals surface area contributed by atoms with Gasteiger partial charge < -0.3 is 9.80 Å². The minimum Gasteiger partial charge on any atom is -0.337 e. The minimum atomic E-state index is -0.279. The molecule has 7 nitrogen and oxygen atoms in total. The number of carbonyl (C=O) groups excluding carboxylic acids is 1. The fourth-order valence-corrected chi connectivity index (χ4v) is 4.46. The maximum atomic E-state index is 13.5. The molecule has 0 N–H and O–H groups in total. The van der Waals surface area contributed by atoms with E-state index in [0.29, 0.717) is 37.8 Å². The largest absolute Gasteiger partial charge is 0.337 e. The third-order valence-electron chi connectivity index (χ3n) is 6.11. The molecule has 2 aromatic heterocycles. The number of carbonyl (C=O) groups is 1. The molecule has 31 heavy (non-hydrogen) atoms. The van der Waals surface area contributed by atoms with Crippen LogP contribution in [0, 0.1) is 5.82 Å². The lowest BCUT2D eigenvalue weighted by atomic mass is 10.1. The number of fused-ring (bicyclic) bond motifs is 1. The predicted octanol–water partition coefficient (Wildman–Crippen LogP) is 3.03. The first-order valence-electron chi connectivity index (χ1n) is 10.9. The number of piperazine rings is 1. The summed E-state index contributed by atoms with van der Waals surface area (Å²) in [5.41, 5.74) is 3.49. The van der Waals surface area contributed by atoms with Gasteiger partial charge in [0.05, 0.1) is 5.69 Å². The summed E-state index contributed by atoms with van der Waals surface area (Å²) >= 11 is 0. The Kier molecular flexibility index (Phi) is 5.36. The van der Waals surface area contributed by atoms with Crippen LogP contribution in [0.5, 0.6) is 0 Å². The van der Waals surface area contributed by atoms with Gasteiger partial charge in [0.25, 0.3) is 5.91 Å². The zero-order valence-electron chi connectivity index (χ0n) is 17.4. The number of hydrogen-bond acceptors (Lipinski definition) is 5. The van der Waals surface area contributed by atoms with Gasteiger partial charge in [-0.3, -0.25) is 4.79 Å². The van der Waals surface area contributed by atoms with Crippen LogP contribution in [0.1, 0.15) is 41.0 Å². The van der Waals surface area contributed by atoms with E-state index in [1.165, 1.54) is 12.1 Å². The van der Waals surface area contributed by atoms with Crippen molar-refractivity contribution in [3.8, 4) is 5.69 Å². The van der Waals surface area contributed by atoms with Gasteiger partial charge in [-0.25, -0.2) is 19.0 Å². The average Bonchev–Trinajstić information content (AvgIpc) is 3.00. The van der Waals surface area contributed by atoms with E-state index >= 15 is 0 Å². The van der Waals surface area contributed by atoms with Gasteiger partial charge in [-0.2, -0.15) is 5.10 Å². The fourth-order valence-electron chi connectivity index (χ4n) is 4.46. The lowest BCUT2D eigenvalue weighted by Crippen LogP contribution is -2.49. The highest BCUT2D eigenvalue weighted by molar-refractivity contribution is 5.94. The van der Waals surface area contributed by atoms with Gasteiger partial charge in [-0.1, -0.05) is 6.42 Å². The molecular weight excluding hydrogens is 395 g/mol. The van der Waals surface area contributed by atoms with E-state index in [1.54, 1.807) is 30.6 Å². The summed E-state index contributed by atoms with van der Waals surface area (Å²) in [4.78, 5) is 26.1. The Bertz CT molecular complexity index is 1060. The van der Waals surface area contributed by atoms with E-state index in [9.17, 15) is 9.18 Å². The number of benzene rings is 1. The molecule has 3 aromatic rings. The van der Waals surface area contributed by atoms with Crippen molar-refractivity contribution in [3.63, 3.8) is 0 Å². The fraction of sp³-hybridized carbons (Fsp3) is 0.391. The van der Waals surface area contributed by atoms with Crippen molar-refractivity contribution in [1.29, 1.82) is 0 Å². The Hall–Kier alpha value is -3.29. The SMILES string of the molecule is O=C(c1nn(-c2ccc(F)cc2)c2c1CCCCC2)N1CCN(c2ncccn2)CC1. The Morgan fingerprint density at radius 2 is 1.61 bits per heavy atom. The number of rotatable bonds is 3. The van der Waals surface area contributed by atoms with Crippen LogP contribution in [-0.4, -0.2) is 56.7 Å². The van der Waals surface area contributed by atoms with Crippen molar-refractivity contribution in [2.45, 2.75) is 32.1 Å². The maximum absolute atomic E-state index is 13.5. The number of hydrogen-bond donors (Lipinski definition) is 0. The number of nitrogens with zero attached hydrogens (tertiary/aromatic N) is 6. The molecule has 0 radical (unpaired) electrons. The van der Waals surface area contributed by atoms with E-state index in [0.717, 1.165) is 49.0 Å². The molecule has 2 aliphatic rings. The second-order valence-corrected chi connectivity index (χ2v) is 8.05. The smallest absolute Gasteiger partial charge is 0.274 e. The highest BCUT2D eigenvalue weighted by Crippen LogP contribution is 2.27. The van der Waals surface area contributed by atoms with Crippen LogP contribution in [0.15, 0.2) is 42.7 Å². The third-order valence-corrected chi connectivity index (χ3v) is 6.11. The van der Waals surface area contributed by atoms with Crippen molar-refractivity contribution >= 4 is 11.9 Å². The standard InChI is InChI=1S/C23H25FN6O/c24-17-7-9-18(10-8-17)30-20-6-3-1-2-5-19(20)21(27-30)22(31)28-13-15-29(16-14-28)23-25-11-4-12-26-23/h4,7-12H,1-3,5-6,13-16H2. The van der Waals surface area contributed by atoms with E-state index in [4.69, 9.17) is 5.10 Å². The molecule has 1 saturated heterocycles. The molecule has 160 valence electrons. The zero-order valence-corrected chi connectivity index (χ0v) is 17.4. The zero-order chi connectivity index (χ0) is 21.2. The normalized spacial score (nSPS) is 16.7. The highest BCUT2D eigenvalue weighted by Gasteiger charge is 2.30.